The van der Waals surface area contributed by atoms with Gasteiger partial charge in [-0.3, -0.25) is 0 Å². The van der Waals surface area contributed by atoms with Crippen LogP contribution in [-0.2, 0) is 74.9 Å². The first-order valence-electron chi connectivity index (χ1n) is 48.6. The Kier molecular flexibility index (Phi) is 21.5. The summed E-state index contributed by atoms with van der Waals surface area (Å²) in [5, 5.41) is 104. The van der Waals surface area contributed by atoms with E-state index in [1.807, 2.05) is 352 Å². The number of benzene rings is 20. The molecule has 20 aromatic rings. The summed E-state index contributed by atoms with van der Waals surface area (Å²) in [7, 11) is 0. The fourth-order valence-electron chi connectivity index (χ4n) is 25.4. The molecule has 1 heterocycles. The molecule has 9 heteroatoms. The molecule has 142 heavy (non-hydrogen) atoms. The Morgan fingerprint density at radius 3 is 0.479 bits per heavy atom. The number of ether oxygens (including phenoxy) is 1. The van der Waals surface area contributed by atoms with Crippen molar-refractivity contribution in [2.45, 2.75) is 74.9 Å². The van der Waals surface area contributed by atoms with Gasteiger partial charge in [-0.15, -0.1) is 0 Å². The maximum absolute atomic E-state index is 14.3. The summed E-state index contributed by atoms with van der Waals surface area (Å²) >= 11 is 0. The molecule has 0 saturated heterocycles. The lowest BCUT2D eigenvalue weighted by Gasteiger charge is -2.57. The highest BCUT2D eigenvalue weighted by Crippen LogP contribution is 2.68. The third-order valence-corrected chi connectivity index (χ3v) is 31.4. The lowest BCUT2D eigenvalue weighted by molar-refractivity contribution is -0.119. The van der Waals surface area contributed by atoms with Gasteiger partial charge in [0.1, 0.15) is 22.7 Å². The SMILES string of the molecule is OC1(C2(O)c3ccccc3C(c3ccccc3)(c3ccccc3)c3ccccc32)c2ccccc2C(c2ccccc2)(c2ccccc2)c2ccccc21.OC1(C2(O)c3ccccc3Cc3ccccc32)c2ccccc2Cc2ccccc21.OC1(C2(O)c3ccccc3Oc3ccccc32)c2ccccc2Cc2ccccc21.OC1(c2ccccc2)c2ccccc2C(O)(c2ccccc2)c2ccccc21. The number of hydrogen-bond donors (Lipinski definition) is 8. The third kappa shape index (κ3) is 12.6. The third-order valence-electron chi connectivity index (χ3n) is 31.4. The van der Waals surface area contributed by atoms with E-state index in [0.717, 1.165) is 135 Å². The van der Waals surface area contributed by atoms with Crippen LogP contribution in [0.2, 0.25) is 0 Å². The van der Waals surface area contributed by atoms with Gasteiger partial charge in [-0.05, 0) is 198 Å². The molecule has 20 aromatic carbocycles. The fraction of sp³-hybridized carbons (Fsp3) is 0.0977. The van der Waals surface area contributed by atoms with Gasteiger partial charge in [-0.1, -0.05) is 510 Å². The van der Waals surface area contributed by atoms with Gasteiger partial charge in [0.05, 0.1) is 10.8 Å². The maximum atomic E-state index is 14.3. The summed E-state index contributed by atoms with van der Waals surface area (Å²) in [6.07, 6.45) is 2.20. The van der Waals surface area contributed by atoms with Gasteiger partial charge in [0, 0.05) is 11.1 Å². The molecule has 0 atom stereocenters. The van der Waals surface area contributed by atoms with Crippen molar-refractivity contribution in [3.8, 4) is 11.5 Å². The number of para-hydroxylation sites is 2. The zero-order chi connectivity index (χ0) is 96.3. The lowest BCUT2D eigenvalue weighted by Crippen LogP contribution is -2.59. The number of hydrogen-bond acceptors (Lipinski definition) is 9. The number of fused-ring (bicyclic) bond motifs is 14. The summed E-state index contributed by atoms with van der Waals surface area (Å²) in [6, 6.07) is 172. The molecule has 9 nitrogen and oxygen atoms in total. The average molecular weight is 1840 g/mol. The summed E-state index contributed by atoms with van der Waals surface area (Å²) in [4.78, 5) is 0. The predicted octanol–water partition coefficient (Wildman–Crippen LogP) is 24.4. The first-order valence-corrected chi connectivity index (χ1v) is 48.6. The molecule has 0 aromatic heterocycles. The quantitative estimate of drug-likeness (QED) is 0.0701. The zero-order valence-electron chi connectivity index (χ0n) is 77.8. The van der Waals surface area contributed by atoms with E-state index in [1.54, 1.807) is 0 Å². The van der Waals surface area contributed by atoms with Crippen LogP contribution in [0, 0.1) is 0 Å². The minimum Gasteiger partial charge on any atom is -0.457 e. The molecule has 1 aliphatic heterocycles. The van der Waals surface area contributed by atoms with Crippen molar-refractivity contribution in [3.63, 3.8) is 0 Å². The number of aliphatic hydroxyl groups is 8. The predicted molar refractivity (Wildman–Crippen MR) is 557 cm³/mol. The summed E-state index contributed by atoms with van der Waals surface area (Å²) in [5.41, 5.74) is 12.2. The Morgan fingerprint density at radius 1 is 0.127 bits per heavy atom. The largest absolute Gasteiger partial charge is 0.457 e. The molecule has 0 fully saturated rings. The topological polar surface area (TPSA) is 171 Å². The van der Waals surface area contributed by atoms with E-state index in [4.69, 9.17) is 4.74 Å². The van der Waals surface area contributed by atoms with E-state index in [-0.39, 0.29) is 0 Å². The molecule has 0 saturated carbocycles. The van der Waals surface area contributed by atoms with Crippen molar-refractivity contribution in [2.24, 2.45) is 0 Å². The van der Waals surface area contributed by atoms with E-state index >= 15 is 0 Å². The first-order chi connectivity index (χ1) is 69.5. The van der Waals surface area contributed by atoms with Gasteiger partial charge in [0.25, 0.3) is 0 Å². The van der Waals surface area contributed by atoms with Crippen LogP contribution in [0.5, 0.6) is 11.5 Å². The van der Waals surface area contributed by atoms with Crippen molar-refractivity contribution in [3.05, 3.63) is 700 Å². The summed E-state index contributed by atoms with van der Waals surface area (Å²) in [5.74, 6) is 1.10. The van der Waals surface area contributed by atoms with Crippen LogP contribution in [0.25, 0.3) is 0 Å². The molecule has 8 N–H and O–H groups in total. The average Bonchev–Trinajstić information content (AvgIpc) is 0.649. The maximum Gasteiger partial charge on any atom is 0.159 e. The fourth-order valence-corrected chi connectivity index (χ4v) is 25.4. The van der Waals surface area contributed by atoms with Crippen LogP contribution < -0.4 is 4.74 Å². The highest BCUT2D eigenvalue weighted by molar-refractivity contribution is 5.78. The van der Waals surface area contributed by atoms with E-state index in [2.05, 4.69) is 170 Å². The van der Waals surface area contributed by atoms with Crippen molar-refractivity contribution in [1.29, 1.82) is 0 Å². The van der Waals surface area contributed by atoms with Crippen molar-refractivity contribution < 1.29 is 45.6 Å². The van der Waals surface area contributed by atoms with Crippen molar-refractivity contribution in [2.75, 3.05) is 0 Å². The summed E-state index contributed by atoms with van der Waals surface area (Å²) in [6.45, 7) is 0. The highest BCUT2D eigenvalue weighted by Gasteiger charge is 2.67. The van der Waals surface area contributed by atoms with Crippen LogP contribution in [0.1, 0.15) is 178 Å². The molecule has 0 amide bonds. The molecule has 0 radical (unpaired) electrons. The Morgan fingerprint density at radius 2 is 0.268 bits per heavy atom. The van der Waals surface area contributed by atoms with Gasteiger partial charge < -0.3 is 45.6 Å². The van der Waals surface area contributed by atoms with E-state index in [9.17, 15) is 40.9 Å². The Hall–Kier alpha value is -16.1. The molecule has 0 bridgehead atoms. The van der Waals surface area contributed by atoms with Crippen LogP contribution in [0.4, 0.5) is 0 Å². The van der Waals surface area contributed by atoms with Crippen LogP contribution in [0.15, 0.2) is 522 Å². The monoisotopic (exact) mass is 1840 g/mol. The highest BCUT2D eigenvalue weighted by atomic mass is 16.5. The second-order valence-corrected chi connectivity index (χ2v) is 38.2. The Balaban J connectivity index is 0.000000107. The zero-order valence-corrected chi connectivity index (χ0v) is 77.8. The minimum absolute atomic E-state index is 0.549. The van der Waals surface area contributed by atoms with Crippen molar-refractivity contribution >= 4 is 0 Å². The smallest absolute Gasteiger partial charge is 0.159 e. The Labute approximate surface area is 826 Å². The molecule has 0 spiro atoms. The van der Waals surface area contributed by atoms with Gasteiger partial charge in [0.15, 0.2) is 33.6 Å². The lowest BCUT2D eigenvalue weighted by atomic mass is 9.48. The van der Waals surface area contributed by atoms with Gasteiger partial charge in [-0.2, -0.15) is 0 Å². The standard InChI is InChI=1S/C52H38O2.C28H22O2.C27H20O3.C26H20O2/c53-51(45-33-17-13-29-41(45)49(37-21-5-1-6-22-37,38-23-7-2-8-24-38)42-30-14-18-34-46(42)51)52(54)47-35-19-15-31-43(47)50(39-25-9-3-10-26-39,40-27-11-4-12-28-40)44-32-16-20-36-48(44)52;29-27(23-13-5-1-9-19(23)17-20-10-2-6-14-24(20)27)28(30)25-15-7-3-11-21(25)18-22-12-4-8-16-26(22)28;28-26(20-11-3-1-9-18(20)17-19-10-2-4-12-21(19)26)27(29)22-13-5-7-15-24(22)30-25-16-8-6-14-23(25)27;27-25(19-11-3-1-4-12-19)21-15-7-9-17-23(21)26(28,20-13-5-2-6-14-20)24-18-10-8-16-22(24)25/h1-36,53-54H;1-16,29-30H,17-18H2;1-16,28-29H,17H2;1-18,27-28H. The Bertz CT molecular complexity index is 7110. The van der Waals surface area contributed by atoms with Crippen LogP contribution in [0.3, 0.4) is 0 Å². The molecule has 7 aliphatic rings. The van der Waals surface area contributed by atoms with Crippen molar-refractivity contribution in [1.82, 2.24) is 0 Å². The van der Waals surface area contributed by atoms with Gasteiger partial charge in [-0.25, -0.2) is 0 Å². The molecule has 0 unspecified atom stereocenters. The molecule has 686 valence electrons. The number of rotatable bonds is 9. The van der Waals surface area contributed by atoms with Crippen LogP contribution in [-0.4, -0.2) is 40.9 Å². The van der Waals surface area contributed by atoms with Gasteiger partial charge >= 0.3 is 0 Å². The first kappa shape index (κ1) is 88.6. The van der Waals surface area contributed by atoms with Crippen LogP contribution >= 0.6 is 0 Å². The van der Waals surface area contributed by atoms with Gasteiger partial charge in [0.2, 0.25) is 0 Å². The second-order valence-electron chi connectivity index (χ2n) is 38.2. The molecular weight excluding hydrogens is 1740 g/mol. The normalized spacial score (nSPS) is 18.1. The van der Waals surface area contributed by atoms with E-state index in [0.29, 0.717) is 73.6 Å². The van der Waals surface area contributed by atoms with E-state index in [1.165, 1.54) is 0 Å². The molecule has 27 rings (SSSR count). The summed E-state index contributed by atoms with van der Waals surface area (Å²) < 4.78 is 6.11. The molecular formula is C133H100O9. The van der Waals surface area contributed by atoms with E-state index < -0.39 is 55.6 Å². The molecule has 6 aliphatic carbocycles. The minimum atomic E-state index is -1.93. The second kappa shape index (κ2) is 34.4.